The molecule has 7 heteroatoms. The Bertz CT molecular complexity index is 836. The standard InChI is InChI=1S/C19H19FN4O2/c20-19-15-3-1-2-12(22-15)9-17(19)26-18-7-6-14(23-24-18)13-5-4-11(10-21)8-16(13)25/h4-8,12,15,17,19,22,25H,1-3,9H2/t12-,15+,17-,19+/m1/s1. The van der Waals surface area contributed by atoms with Crippen molar-refractivity contribution in [2.45, 2.75) is 50.0 Å². The first-order valence-corrected chi connectivity index (χ1v) is 8.78. The Labute approximate surface area is 150 Å². The van der Waals surface area contributed by atoms with E-state index in [2.05, 4.69) is 15.5 Å². The predicted molar refractivity (Wildman–Crippen MR) is 92.3 cm³/mol. The van der Waals surface area contributed by atoms with Crippen molar-refractivity contribution in [3.8, 4) is 29.0 Å². The summed E-state index contributed by atoms with van der Waals surface area (Å²) >= 11 is 0. The average Bonchev–Trinajstić information content (AvgIpc) is 2.67. The topological polar surface area (TPSA) is 91.1 Å². The van der Waals surface area contributed by atoms with Gasteiger partial charge in [0.05, 0.1) is 17.3 Å². The summed E-state index contributed by atoms with van der Waals surface area (Å²) in [5.74, 6) is 0.233. The van der Waals surface area contributed by atoms with Crippen molar-refractivity contribution in [3.63, 3.8) is 0 Å². The predicted octanol–water partition coefficient (Wildman–Crippen LogP) is 2.72. The molecule has 2 saturated heterocycles. The van der Waals surface area contributed by atoms with Crippen LogP contribution in [0.3, 0.4) is 0 Å². The van der Waals surface area contributed by atoms with Gasteiger partial charge in [-0.3, -0.25) is 0 Å². The minimum Gasteiger partial charge on any atom is -0.507 e. The van der Waals surface area contributed by atoms with Gasteiger partial charge in [-0.05, 0) is 37.1 Å². The number of phenolic OH excluding ortho intramolecular Hbond substituents is 1. The quantitative estimate of drug-likeness (QED) is 0.881. The number of piperidine rings is 2. The van der Waals surface area contributed by atoms with Crippen LogP contribution in [0.5, 0.6) is 11.6 Å². The molecule has 0 amide bonds. The summed E-state index contributed by atoms with van der Waals surface area (Å²) in [7, 11) is 0. The summed E-state index contributed by atoms with van der Waals surface area (Å²) in [6.45, 7) is 0. The van der Waals surface area contributed by atoms with Crippen molar-refractivity contribution in [2.75, 3.05) is 0 Å². The molecule has 2 aliphatic rings. The van der Waals surface area contributed by atoms with Gasteiger partial charge in [0.25, 0.3) is 0 Å². The van der Waals surface area contributed by atoms with Crippen LogP contribution in [0.4, 0.5) is 4.39 Å². The Hall–Kier alpha value is -2.72. The number of fused-ring (bicyclic) bond motifs is 2. The van der Waals surface area contributed by atoms with E-state index in [-0.39, 0.29) is 17.7 Å². The van der Waals surface area contributed by atoms with Crippen molar-refractivity contribution in [2.24, 2.45) is 0 Å². The number of nitriles is 1. The summed E-state index contributed by atoms with van der Waals surface area (Å²) < 4.78 is 20.3. The molecule has 0 unspecified atom stereocenters. The molecule has 0 spiro atoms. The molecule has 2 N–H and O–H groups in total. The minimum absolute atomic E-state index is 0.0398. The fraction of sp³-hybridized carbons (Fsp3) is 0.421. The summed E-state index contributed by atoms with van der Waals surface area (Å²) in [5, 5.41) is 30.3. The van der Waals surface area contributed by atoms with Gasteiger partial charge in [-0.2, -0.15) is 5.26 Å². The van der Waals surface area contributed by atoms with E-state index < -0.39 is 12.3 Å². The van der Waals surface area contributed by atoms with Crippen LogP contribution in [0.25, 0.3) is 11.3 Å². The second-order valence-electron chi connectivity index (χ2n) is 6.84. The van der Waals surface area contributed by atoms with Crippen LogP contribution in [-0.4, -0.2) is 39.7 Å². The number of rotatable bonds is 3. The first kappa shape index (κ1) is 16.7. The van der Waals surface area contributed by atoms with E-state index in [1.165, 1.54) is 6.07 Å². The number of nitrogens with one attached hydrogen (secondary N) is 1. The molecule has 2 aromatic rings. The lowest BCUT2D eigenvalue weighted by molar-refractivity contribution is 0.00652. The van der Waals surface area contributed by atoms with Crippen LogP contribution in [0.15, 0.2) is 30.3 Å². The van der Waals surface area contributed by atoms with Crippen molar-refractivity contribution in [3.05, 3.63) is 35.9 Å². The monoisotopic (exact) mass is 354 g/mol. The van der Waals surface area contributed by atoms with E-state index in [0.29, 0.717) is 29.3 Å². The van der Waals surface area contributed by atoms with E-state index in [4.69, 9.17) is 10.00 Å². The first-order chi connectivity index (χ1) is 12.6. The number of halogens is 1. The largest absolute Gasteiger partial charge is 0.507 e. The van der Waals surface area contributed by atoms with Crippen LogP contribution < -0.4 is 10.1 Å². The van der Waals surface area contributed by atoms with Gasteiger partial charge in [0.1, 0.15) is 11.9 Å². The van der Waals surface area contributed by atoms with Gasteiger partial charge in [-0.25, -0.2) is 4.39 Å². The molecule has 134 valence electrons. The highest BCUT2D eigenvalue weighted by atomic mass is 19.1. The summed E-state index contributed by atoms with van der Waals surface area (Å²) in [5.41, 5.74) is 1.30. The second-order valence-corrected chi connectivity index (χ2v) is 6.84. The first-order valence-electron chi connectivity index (χ1n) is 8.78. The van der Waals surface area contributed by atoms with E-state index in [0.717, 1.165) is 19.3 Å². The molecule has 1 aromatic heterocycles. The smallest absolute Gasteiger partial charge is 0.233 e. The van der Waals surface area contributed by atoms with Crippen LogP contribution in [-0.2, 0) is 0 Å². The maximum absolute atomic E-state index is 14.6. The van der Waals surface area contributed by atoms with E-state index >= 15 is 0 Å². The molecular weight excluding hydrogens is 335 g/mol. The van der Waals surface area contributed by atoms with Crippen molar-refractivity contribution in [1.29, 1.82) is 5.26 Å². The van der Waals surface area contributed by atoms with Crippen LogP contribution in [0.2, 0.25) is 0 Å². The lowest BCUT2D eigenvalue weighted by atomic mass is 9.84. The minimum atomic E-state index is -1.06. The van der Waals surface area contributed by atoms with E-state index in [1.807, 2.05) is 6.07 Å². The fourth-order valence-corrected chi connectivity index (χ4v) is 3.77. The lowest BCUT2D eigenvalue weighted by Crippen LogP contribution is -2.59. The highest BCUT2D eigenvalue weighted by Crippen LogP contribution is 2.31. The van der Waals surface area contributed by atoms with Crippen molar-refractivity contribution < 1.29 is 14.2 Å². The number of hydrogen-bond donors (Lipinski definition) is 2. The molecule has 4 atom stereocenters. The summed E-state index contributed by atoms with van der Waals surface area (Å²) in [4.78, 5) is 0. The molecule has 2 aliphatic heterocycles. The Morgan fingerprint density at radius 2 is 2.12 bits per heavy atom. The molecule has 3 heterocycles. The lowest BCUT2D eigenvalue weighted by Gasteiger charge is -2.42. The molecule has 26 heavy (non-hydrogen) atoms. The van der Waals surface area contributed by atoms with Crippen molar-refractivity contribution in [1.82, 2.24) is 15.5 Å². The van der Waals surface area contributed by atoms with Crippen LogP contribution in [0.1, 0.15) is 31.2 Å². The number of benzene rings is 1. The third-order valence-corrected chi connectivity index (χ3v) is 5.09. The molecule has 1 aromatic carbocycles. The highest BCUT2D eigenvalue weighted by Gasteiger charge is 2.41. The third kappa shape index (κ3) is 3.20. The number of aromatic nitrogens is 2. The highest BCUT2D eigenvalue weighted by molar-refractivity contribution is 5.67. The molecule has 0 saturated carbocycles. The fourth-order valence-electron chi connectivity index (χ4n) is 3.77. The van der Waals surface area contributed by atoms with Crippen molar-refractivity contribution >= 4 is 0 Å². The summed E-state index contributed by atoms with van der Waals surface area (Å²) in [6.07, 6.45) is 1.98. The normalized spacial score (nSPS) is 27.5. The van der Waals surface area contributed by atoms with Gasteiger partial charge in [0.15, 0.2) is 6.17 Å². The molecule has 2 bridgehead atoms. The van der Waals surface area contributed by atoms with Gasteiger partial charge in [0, 0.05) is 30.1 Å². The number of ether oxygens (including phenoxy) is 1. The Balaban J connectivity index is 1.49. The number of aromatic hydroxyl groups is 1. The second kappa shape index (κ2) is 6.89. The zero-order chi connectivity index (χ0) is 18.1. The number of phenols is 1. The van der Waals surface area contributed by atoms with E-state index in [1.54, 1.807) is 24.3 Å². The number of alkyl halides is 1. The van der Waals surface area contributed by atoms with Gasteiger partial charge < -0.3 is 15.2 Å². The Morgan fingerprint density at radius 1 is 1.23 bits per heavy atom. The van der Waals surface area contributed by atoms with Crippen LogP contribution >= 0.6 is 0 Å². The Kier molecular flexibility index (Phi) is 4.43. The zero-order valence-electron chi connectivity index (χ0n) is 14.1. The SMILES string of the molecule is N#Cc1ccc(-c2ccc(O[C@@H]3C[C@H]4CCC[C@H](N4)[C@@H]3F)nn2)c(O)c1. The molecule has 2 fully saturated rings. The molecular formula is C19H19FN4O2. The van der Waals surface area contributed by atoms with Gasteiger partial charge in [-0.1, -0.05) is 6.42 Å². The van der Waals surface area contributed by atoms with Gasteiger partial charge in [-0.15, -0.1) is 10.2 Å². The molecule has 4 rings (SSSR count). The molecule has 6 nitrogen and oxygen atoms in total. The zero-order valence-corrected chi connectivity index (χ0v) is 14.1. The van der Waals surface area contributed by atoms with Crippen LogP contribution in [0, 0.1) is 11.3 Å². The number of nitrogens with zero attached hydrogens (tertiary/aromatic N) is 3. The number of hydrogen-bond acceptors (Lipinski definition) is 6. The van der Waals surface area contributed by atoms with Gasteiger partial charge in [0.2, 0.25) is 5.88 Å². The summed E-state index contributed by atoms with van der Waals surface area (Å²) in [6, 6.07) is 10.0. The maximum Gasteiger partial charge on any atom is 0.233 e. The maximum atomic E-state index is 14.6. The molecule has 0 radical (unpaired) electrons. The van der Waals surface area contributed by atoms with E-state index in [9.17, 15) is 9.50 Å². The Morgan fingerprint density at radius 3 is 2.85 bits per heavy atom. The van der Waals surface area contributed by atoms with Gasteiger partial charge >= 0.3 is 0 Å². The molecule has 0 aliphatic carbocycles. The third-order valence-electron chi connectivity index (χ3n) is 5.09. The average molecular weight is 354 g/mol.